The van der Waals surface area contributed by atoms with Crippen LogP contribution in [0.25, 0.3) is 0 Å². The molecule has 0 radical (unpaired) electrons. The van der Waals surface area contributed by atoms with Crippen LogP contribution in [0.2, 0.25) is 0 Å². The SMILES string of the molecule is O=C(c1cccc2c1OCCO2)N1CCN(Cc2ccc(Br)s2)CC1. The molecule has 0 saturated carbocycles. The van der Waals surface area contributed by atoms with Crippen LogP contribution in [0.4, 0.5) is 0 Å². The molecule has 2 aliphatic rings. The van der Waals surface area contributed by atoms with E-state index in [1.807, 2.05) is 23.1 Å². The van der Waals surface area contributed by atoms with Gasteiger partial charge in [-0.05, 0) is 40.2 Å². The van der Waals surface area contributed by atoms with E-state index in [9.17, 15) is 4.79 Å². The monoisotopic (exact) mass is 422 g/mol. The number of ether oxygens (including phenoxy) is 2. The maximum atomic E-state index is 12.9. The Labute approximate surface area is 159 Å². The highest BCUT2D eigenvalue weighted by Gasteiger charge is 2.27. The summed E-state index contributed by atoms with van der Waals surface area (Å²) in [5.74, 6) is 1.28. The summed E-state index contributed by atoms with van der Waals surface area (Å²) in [6.07, 6.45) is 0. The number of hydrogen-bond donors (Lipinski definition) is 0. The number of carbonyl (C=O) groups excluding carboxylic acids is 1. The zero-order valence-electron chi connectivity index (χ0n) is 13.7. The second kappa shape index (κ2) is 7.35. The average Bonchev–Trinajstić information content (AvgIpc) is 3.06. The number of halogens is 1. The molecule has 1 fully saturated rings. The first kappa shape index (κ1) is 16.9. The Bertz CT molecular complexity index is 771. The minimum Gasteiger partial charge on any atom is -0.486 e. The van der Waals surface area contributed by atoms with Crippen LogP contribution in [0.3, 0.4) is 0 Å². The maximum Gasteiger partial charge on any atom is 0.257 e. The molecule has 0 spiro atoms. The van der Waals surface area contributed by atoms with Gasteiger partial charge < -0.3 is 14.4 Å². The van der Waals surface area contributed by atoms with Crippen LogP contribution in [0.5, 0.6) is 11.5 Å². The third-order valence-corrected chi connectivity index (χ3v) is 6.07. The fraction of sp³-hybridized carbons (Fsp3) is 0.389. The van der Waals surface area contributed by atoms with Crippen LogP contribution < -0.4 is 9.47 Å². The Morgan fingerprint density at radius 3 is 2.64 bits per heavy atom. The minimum absolute atomic E-state index is 0.0286. The number of rotatable bonds is 3. The predicted molar refractivity (Wildman–Crippen MR) is 101 cm³/mol. The smallest absolute Gasteiger partial charge is 0.257 e. The molecule has 0 unspecified atom stereocenters. The van der Waals surface area contributed by atoms with Gasteiger partial charge in [-0.3, -0.25) is 9.69 Å². The van der Waals surface area contributed by atoms with Crippen molar-refractivity contribution in [2.45, 2.75) is 6.54 Å². The molecule has 1 amide bonds. The van der Waals surface area contributed by atoms with Crippen molar-refractivity contribution in [1.82, 2.24) is 9.80 Å². The van der Waals surface area contributed by atoms with Gasteiger partial charge in [0, 0.05) is 37.6 Å². The second-order valence-corrected chi connectivity index (χ2v) is 8.65. The molecule has 7 heteroatoms. The number of fused-ring (bicyclic) bond motifs is 1. The Kier molecular flexibility index (Phi) is 4.96. The number of para-hydroxylation sites is 1. The highest BCUT2D eigenvalue weighted by Crippen LogP contribution is 2.34. The van der Waals surface area contributed by atoms with Crippen molar-refractivity contribution in [1.29, 1.82) is 0 Å². The lowest BCUT2D eigenvalue weighted by Crippen LogP contribution is -2.48. The number of thiophene rings is 1. The van der Waals surface area contributed by atoms with Gasteiger partial charge in [-0.1, -0.05) is 6.07 Å². The molecule has 4 rings (SSSR count). The molecule has 0 aliphatic carbocycles. The molecule has 3 heterocycles. The molecule has 1 aromatic carbocycles. The first-order valence-electron chi connectivity index (χ1n) is 8.35. The van der Waals surface area contributed by atoms with E-state index in [2.05, 4.69) is 33.0 Å². The van der Waals surface area contributed by atoms with Gasteiger partial charge >= 0.3 is 0 Å². The molecule has 1 aromatic heterocycles. The zero-order valence-corrected chi connectivity index (χ0v) is 16.1. The van der Waals surface area contributed by atoms with Crippen molar-refractivity contribution in [3.8, 4) is 11.5 Å². The van der Waals surface area contributed by atoms with Crippen LogP contribution in [0.1, 0.15) is 15.2 Å². The van der Waals surface area contributed by atoms with Gasteiger partial charge in [0.1, 0.15) is 13.2 Å². The summed E-state index contributed by atoms with van der Waals surface area (Å²) in [6, 6.07) is 9.76. The Balaban J connectivity index is 1.40. The van der Waals surface area contributed by atoms with Gasteiger partial charge in [0.15, 0.2) is 11.5 Å². The van der Waals surface area contributed by atoms with Crippen molar-refractivity contribution in [3.05, 3.63) is 44.6 Å². The molecule has 132 valence electrons. The third-order valence-electron chi connectivity index (χ3n) is 4.46. The summed E-state index contributed by atoms with van der Waals surface area (Å²) in [7, 11) is 0. The highest BCUT2D eigenvalue weighted by atomic mass is 79.9. The molecular formula is C18H19BrN2O3S. The largest absolute Gasteiger partial charge is 0.486 e. The lowest BCUT2D eigenvalue weighted by Gasteiger charge is -2.35. The number of amides is 1. The molecule has 0 atom stereocenters. The van der Waals surface area contributed by atoms with E-state index in [1.54, 1.807) is 11.3 Å². The van der Waals surface area contributed by atoms with Gasteiger partial charge in [0.05, 0.1) is 9.35 Å². The van der Waals surface area contributed by atoms with Crippen molar-refractivity contribution >= 4 is 33.2 Å². The third kappa shape index (κ3) is 3.68. The molecular weight excluding hydrogens is 404 g/mol. The van der Waals surface area contributed by atoms with Crippen LogP contribution in [-0.2, 0) is 6.54 Å². The number of piperazine rings is 1. The molecule has 2 aromatic rings. The fourth-order valence-electron chi connectivity index (χ4n) is 3.18. The van der Waals surface area contributed by atoms with Gasteiger partial charge in [0.25, 0.3) is 5.91 Å². The van der Waals surface area contributed by atoms with Crippen molar-refractivity contribution in [2.75, 3.05) is 39.4 Å². The molecule has 0 bridgehead atoms. The maximum absolute atomic E-state index is 12.9. The van der Waals surface area contributed by atoms with Gasteiger partial charge in [-0.15, -0.1) is 11.3 Å². The van der Waals surface area contributed by atoms with E-state index < -0.39 is 0 Å². The number of benzene rings is 1. The van der Waals surface area contributed by atoms with Crippen LogP contribution in [-0.4, -0.2) is 55.1 Å². The summed E-state index contributed by atoms with van der Waals surface area (Å²) in [5.41, 5.74) is 0.604. The van der Waals surface area contributed by atoms with Crippen LogP contribution >= 0.6 is 27.3 Å². The fourth-order valence-corrected chi connectivity index (χ4v) is 4.70. The summed E-state index contributed by atoms with van der Waals surface area (Å²) in [5, 5.41) is 0. The predicted octanol–water partition coefficient (Wildman–Crippen LogP) is 3.24. The molecule has 25 heavy (non-hydrogen) atoms. The summed E-state index contributed by atoms with van der Waals surface area (Å²) in [6.45, 7) is 5.19. The summed E-state index contributed by atoms with van der Waals surface area (Å²) in [4.78, 5) is 18.6. The Morgan fingerprint density at radius 2 is 1.88 bits per heavy atom. The molecule has 0 N–H and O–H groups in total. The van der Waals surface area contributed by atoms with E-state index in [0.29, 0.717) is 30.3 Å². The summed E-state index contributed by atoms with van der Waals surface area (Å²) >= 11 is 5.27. The topological polar surface area (TPSA) is 42.0 Å². The first-order chi connectivity index (χ1) is 12.2. The lowest BCUT2D eigenvalue weighted by molar-refractivity contribution is 0.0620. The Morgan fingerprint density at radius 1 is 1.08 bits per heavy atom. The van der Waals surface area contributed by atoms with E-state index in [1.165, 1.54) is 4.88 Å². The lowest BCUT2D eigenvalue weighted by atomic mass is 10.1. The summed E-state index contributed by atoms with van der Waals surface area (Å²) < 4.78 is 12.4. The van der Waals surface area contributed by atoms with E-state index >= 15 is 0 Å². The average molecular weight is 423 g/mol. The second-order valence-electron chi connectivity index (χ2n) is 6.10. The quantitative estimate of drug-likeness (QED) is 0.761. The van der Waals surface area contributed by atoms with E-state index in [-0.39, 0.29) is 5.91 Å². The normalized spacial score (nSPS) is 17.6. The minimum atomic E-state index is 0.0286. The first-order valence-corrected chi connectivity index (χ1v) is 9.96. The van der Waals surface area contributed by atoms with E-state index in [4.69, 9.17) is 9.47 Å². The van der Waals surface area contributed by atoms with Crippen molar-refractivity contribution < 1.29 is 14.3 Å². The van der Waals surface area contributed by atoms with Gasteiger partial charge in [-0.25, -0.2) is 0 Å². The number of hydrogen-bond acceptors (Lipinski definition) is 5. The van der Waals surface area contributed by atoms with Crippen molar-refractivity contribution in [3.63, 3.8) is 0 Å². The number of nitrogens with zero attached hydrogens (tertiary/aromatic N) is 2. The standard InChI is InChI=1S/C18H19BrN2O3S/c19-16-5-4-13(25-16)12-20-6-8-21(9-7-20)18(22)14-2-1-3-15-17(14)24-11-10-23-15/h1-5H,6-12H2. The van der Waals surface area contributed by atoms with Gasteiger partial charge in [0.2, 0.25) is 0 Å². The van der Waals surface area contributed by atoms with Crippen LogP contribution in [0.15, 0.2) is 34.1 Å². The van der Waals surface area contributed by atoms with E-state index in [0.717, 1.165) is 36.5 Å². The van der Waals surface area contributed by atoms with Crippen LogP contribution in [0, 0.1) is 0 Å². The number of carbonyl (C=O) groups is 1. The Hall–Kier alpha value is -1.57. The highest BCUT2D eigenvalue weighted by molar-refractivity contribution is 9.11. The zero-order chi connectivity index (χ0) is 17.2. The van der Waals surface area contributed by atoms with Gasteiger partial charge in [-0.2, -0.15) is 0 Å². The van der Waals surface area contributed by atoms with Crippen molar-refractivity contribution in [2.24, 2.45) is 0 Å². The molecule has 5 nitrogen and oxygen atoms in total. The molecule has 2 aliphatic heterocycles. The molecule has 1 saturated heterocycles.